The van der Waals surface area contributed by atoms with E-state index in [1.54, 1.807) is 36.4 Å². The van der Waals surface area contributed by atoms with Gasteiger partial charge in [-0.2, -0.15) is 0 Å². The summed E-state index contributed by atoms with van der Waals surface area (Å²) in [7, 11) is 0. The van der Waals surface area contributed by atoms with Crippen molar-refractivity contribution >= 4 is 68.1 Å². The van der Waals surface area contributed by atoms with Crippen LogP contribution in [-0.4, -0.2) is 16.0 Å². The zero-order valence-corrected chi connectivity index (χ0v) is 18.6. The lowest BCUT2D eigenvalue weighted by Gasteiger charge is -2.13. The molecule has 4 nitrogen and oxygen atoms in total. The fraction of sp³-hybridized carbons (Fsp3) is 0.0476. The molecule has 0 atom stereocenters. The standard InChI is InChI=1S/C21H12BrCl2NO3S/c22-16-4-2-1-3-12(16)11-25-20(26)19(29-21(25)27)10-14-6-8-18(28-14)15-7-5-13(23)9-17(15)24/h1-10H,11H2/b19-10+. The smallest absolute Gasteiger partial charge is 0.293 e. The quantitative estimate of drug-likeness (QED) is 0.348. The third-order valence-electron chi connectivity index (χ3n) is 4.26. The Morgan fingerprint density at radius 3 is 2.62 bits per heavy atom. The number of carbonyl (C=O) groups is 2. The average Bonchev–Trinajstić information content (AvgIpc) is 3.24. The Bertz CT molecular complexity index is 1160. The predicted molar refractivity (Wildman–Crippen MR) is 120 cm³/mol. The molecule has 29 heavy (non-hydrogen) atoms. The van der Waals surface area contributed by atoms with E-state index in [4.69, 9.17) is 27.6 Å². The van der Waals surface area contributed by atoms with Gasteiger partial charge in [-0.3, -0.25) is 14.5 Å². The van der Waals surface area contributed by atoms with Crippen LogP contribution in [0.15, 0.2) is 68.4 Å². The van der Waals surface area contributed by atoms with E-state index >= 15 is 0 Å². The number of thioether (sulfide) groups is 1. The van der Waals surface area contributed by atoms with Crippen molar-refractivity contribution in [2.24, 2.45) is 0 Å². The van der Waals surface area contributed by atoms with Crippen molar-refractivity contribution in [2.75, 3.05) is 0 Å². The number of halogens is 3. The highest BCUT2D eigenvalue weighted by Crippen LogP contribution is 2.36. The van der Waals surface area contributed by atoms with E-state index in [-0.39, 0.29) is 17.7 Å². The number of rotatable bonds is 4. The van der Waals surface area contributed by atoms with Gasteiger partial charge in [0.15, 0.2) is 0 Å². The Morgan fingerprint density at radius 1 is 1.07 bits per heavy atom. The lowest BCUT2D eigenvalue weighted by Crippen LogP contribution is -2.27. The van der Waals surface area contributed by atoms with E-state index in [1.807, 2.05) is 24.3 Å². The molecule has 2 aromatic carbocycles. The number of hydrogen-bond donors (Lipinski definition) is 0. The van der Waals surface area contributed by atoms with Crippen LogP contribution in [0, 0.1) is 0 Å². The molecule has 2 amide bonds. The first-order valence-corrected chi connectivity index (χ1v) is 10.8. The number of carbonyl (C=O) groups excluding carboxylic acids is 2. The molecule has 0 N–H and O–H groups in total. The molecular formula is C21H12BrCl2NO3S. The van der Waals surface area contributed by atoms with Gasteiger partial charge in [-0.1, -0.05) is 57.3 Å². The summed E-state index contributed by atoms with van der Waals surface area (Å²) < 4.78 is 6.65. The largest absolute Gasteiger partial charge is 0.457 e. The van der Waals surface area contributed by atoms with E-state index in [0.29, 0.717) is 32.0 Å². The van der Waals surface area contributed by atoms with E-state index < -0.39 is 0 Å². The minimum absolute atomic E-state index is 0.202. The second-order valence-electron chi connectivity index (χ2n) is 6.19. The Labute approximate surface area is 189 Å². The van der Waals surface area contributed by atoms with Crippen LogP contribution in [0.3, 0.4) is 0 Å². The summed E-state index contributed by atoms with van der Waals surface area (Å²) in [5, 5.41) is 0.681. The molecule has 0 unspecified atom stereocenters. The summed E-state index contributed by atoms with van der Waals surface area (Å²) in [6, 6.07) is 16.1. The van der Waals surface area contributed by atoms with Crippen molar-refractivity contribution in [2.45, 2.75) is 6.54 Å². The van der Waals surface area contributed by atoms with Crippen LogP contribution in [-0.2, 0) is 11.3 Å². The van der Waals surface area contributed by atoms with E-state index in [9.17, 15) is 9.59 Å². The fourth-order valence-corrected chi connectivity index (χ4v) is 4.56. The Hall–Kier alpha value is -1.99. The zero-order valence-electron chi connectivity index (χ0n) is 14.7. The van der Waals surface area contributed by atoms with Gasteiger partial charge < -0.3 is 4.42 Å². The number of furan rings is 1. The van der Waals surface area contributed by atoms with Crippen LogP contribution in [0.25, 0.3) is 17.4 Å². The highest BCUT2D eigenvalue weighted by atomic mass is 79.9. The molecule has 1 aliphatic rings. The summed E-state index contributed by atoms with van der Waals surface area (Å²) in [5.74, 6) is 0.654. The van der Waals surface area contributed by atoms with Crippen LogP contribution in [0.1, 0.15) is 11.3 Å². The maximum Gasteiger partial charge on any atom is 0.293 e. The van der Waals surface area contributed by atoms with Crippen molar-refractivity contribution in [1.29, 1.82) is 0 Å². The molecule has 4 rings (SSSR count). The molecule has 0 radical (unpaired) electrons. The minimum Gasteiger partial charge on any atom is -0.457 e. The van der Waals surface area contributed by atoms with Gasteiger partial charge in [-0.05, 0) is 53.7 Å². The van der Waals surface area contributed by atoms with Crippen molar-refractivity contribution in [3.05, 3.63) is 85.3 Å². The summed E-state index contributed by atoms with van der Waals surface area (Å²) in [5.41, 5.74) is 1.55. The predicted octanol–water partition coefficient (Wildman–Crippen LogP) is 7.25. The Kier molecular flexibility index (Phi) is 5.88. The molecule has 1 fully saturated rings. The van der Waals surface area contributed by atoms with Crippen LogP contribution >= 0.6 is 50.9 Å². The summed E-state index contributed by atoms with van der Waals surface area (Å²) in [6.07, 6.45) is 1.57. The maximum atomic E-state index is 12.7. The Morgan fingerprint density at radius 2 is 1.86 bits per heavy atom. The van der Waals surface area contributed by atoms with Crippen LogP contribution in [0.4, 0.5) is 4.79 Å². The van der Waals surface area contributed by atoms with E-state index in [1.165, 1.54) is 4.90 Å². The van der Waals surface area contributed by atoms with E-state index in [2.05, 4.69) is 15.9 Å². The van der Waals surface area contributed by atoms with E-state index in [0.717, 1.165) is 21.8 Å². The monoisotopic (exact) mass is 507 g/mol. The van der Waals surface area contributed by atoms with Crippen molar-refractivity contribution in [3.8, 4) is 11.3 Å². The number of benzene rings is 2. The van der Waals surface area contributed by atoms with Gasteiger partial charge in [0.05, 0.1) is 16.5 Å². The van der Waals surface area contributed by atoms with Gasteiger partial charge in [0, 0.05) is 21.1 Å². The van der Waals surface area contributed by atoms with Crippen molar-refractivity contribution in [3.63, 3.8) is 0 Å². The summed E-state index contributed by atoms with van der Waals surface area (Å²) in [6.45, 7) is 0.202. The number of amides is 2. The minimum atomic E-state index is -0.349. The second kappa shape index (κ2) is 8.40. The first-order chi connectivity index (χ1) is 13.9. The first kappa shape index (κ1) is 20.3. The first-order valence-electron chi connectivity index (χ1n) is 8.46. The van der Waals surface area contributed by atoms with Crippen LogP contribution in [0.5, 0.6) is 0 Å². The normalized spacial score (nSPS) is 15.6. The number of imide groups is 1. The molecule has 1 saturated heterocycles. The van der Waals surface area contributed by atoms with Gasteiger partial charge in [-0.15, -0.1) is 0 Å². The maximum absolute atomic E-state index is 12.7. The lowest BCUT2D eigenvalue weighted by atomic mass is 10.2. The van der Waals surface area contributed by atoms with Crippen molar-refractivity contribution in [1.82, 2.24) is 4.90 Å². The zero-order chi connectivity index (χ0) is 20.5. The second-order valence-corrected chi connectivity index (χ2v) is 8.88. The third-order valence-corrected chi connectivity index (χ3v) is 6.49. The molecule has 2 heterocycles. The molecule has 0 aliphatic carbocycles. The molecule has 1 aromatic heterocycles. The molecular weight excluding hydrogens is 497 g/mol. The molecule has 0 spiro atoms. The van der Waals surface area contributed by atoms with Crippen LogP contribution < -0.4 is 0 Å². The SMILES string of the molecule is O=C1S/C(=C/c2ccc(-c3ccc(Cl)cc3Cl)o2)C(=O)N1Cc1ccccc1Br. The fourth-order valence-electron chi connectivity index (χ4n) is 2.83. The summed E-state index contributed by atoms with van der Waals surface area (Å²) >= 11 is 16.5. The molecule has 1 aliphatic heterocycles. The lowest BCUT2D eigenvalue weighted by molar-refractivity contribution is -0.123. The van der Waals surface area contributed by atoms with Gasteiger partial charge in [0.2, 0.25) is 0 Å². The molecule has 0 saturated carbocycles. The molecule has 8 heteroatoms. The number of hydrogen-bond acceptors (Lipinski definition) is 4. The van der Waals surface area contributed by atoms with Gasteiger partial charge in [0.1, 0.15) is 11.5 Å². The molecule has 146 valence electrons. The Balaban J connectivity index is 1.56. The van der Waals surface area contributed by atoms with Gasteiger partial charge >= 0.3 is 0 Å². The average molecular weight is 509 g/mol. The number of nitrogens with zero attached hydrogens (tertiary/aromatic N) is 1. The molecule has 3 aromatic rings. The topological polar surface area (TPSA) is 50.5 Å². The molecule has 0 bridgehead atoms. The summed E-state index contributed by atoms with van der Waals surface area (Å²) in [4.78, 5) is 26.6. The highest BCUT2D eigenvalue weighted by molar-refractivity contribution is 9.10. The van der Waals surface area contributed by atoms with Crippen LogP contribution in [0.2, 0.25) is 10.0 Å². The highest BCUT2D eigenvalue weighted by Gasteiger charge is 2.35. The van der Waals surface area contributed by atoms with Crippen molar-refractivity contribution < 1.29 is 14.0 Å². The third kappa shape index (κ3) is 4.31. The van der Waals surface area contributed by atoms with Gasteiger partial charge in [0.25, 0.3) is 11.1 Å². The van der Waals surface area contributed by atoms with Gasteiger partial charge in [-0.25, -0.2) is 0 Å².